The second-order valence-electron chi connectivity index (χ2n) is 7.82. The van der Waals surface area contributed by atoms with Crippen LogP contribution in [0.5, 0.6) is 5.75 Å². The van der Waals surface area contributed by atoms with Gasteiger partial charge >= 0.3 is 0 Å². The lowest BCUT2D eigenvalue weighted by molar-refractivity contribution is 0.242. The average molecular weight is 422 g/mol. The van der Waals surface area contributed by atoms with Gasteiger partial charge < -0.3 is 14.5 Å². The summed E-state index contributed by atoms with van der Waals surface area (Å²) in [5.74, 6) is 2.00. The predicted octanol–water partition coefficient (Wildman–Crippen LogP) is 3.31. The zero-order valence-corrected chi connectivity index (χ0v) is 18.3. The van der Waals surface area contributed by atoms with E-state index in [0.717, 1.165) is 67.3 Å². The third-order valence-electron chi connectivity index (χ3n) is 6.01. The van der Waals surface area contributed by atoms with Crippen LogP contribution in [0, 0.1) is 0 Å². The Morgan fingerprint density at radius 1 is 1.03 bits per heavy atom. The van der Waals surface area contributed by atoms with Crippen LogP contribution in [0.25, 0.3) is 0 Å². The Balaban J connectivity index is 1.23. The number of amidine groups is 2. The molecule has 30 heavy (non-hydrogen) atoms. The van der Waals surface area contributed by atoms with E-state index < -0.39 is 0 Å². The van der Waals surface area contributed by atoms with Crippen molar-refractivity contribution in [1.82, 2.24) is 9.80 Å². The van der Waals surface area contributed by atoms with Crippen LogP contribution in [0.2, 0.25) is 0 Å². The number of hydrogen-bond donors (Lipinski definition) is 0. The monoisotopic (exact) mass is 421 g/mol. The first-order valence-corrected chi connectivity index (χ1v) is 11.7. The van der Waals surface area contributed by atoms with Gasteiger partial charge in [-0.15, -0.1) is 0 Å². The summed E-state index contributed by atoms with van der Waals surface area (Å²) >= 11 is 1.70. The van der Waals surface area contributed by atoms with Crippen molar-refractivity contribution in [3.63, 3.8) is 0 Å². The molecule has 5 rings (SSSR count). The highest BCUT2D eigenvalue weighted by Gasteiger charge is 2.34. The topological polar surface area (TPSA) is 43.7 Å². The molecule has 1 atom stereocenters. The van der Waals surface area contributed by atoms with E-state index in [4.69, 9.17) is 14.7 Å². The maximum absolute atomic E-state index is 5.27. The molecule has 2 aromatic rings. The van der Waals surface area contributed by atoms with Gasteiger partial charge in [-0.2, -0.15) is 0 Å². The fraction of sp³-hybridized carbons (Fsp3) is 0.391. The van der Waals surface area contributed by atoms with Crippen LogP contribution >= 0.6 is 11.8 Å². The Kier molecular flexibility index (Phi) is 5.39. The number of ether oxygens (including phenoxy) is 1. The molecular formula is C23H27N5OS. The lowest BCUT2D eigenvalue weighted by Gasteiger charge is -2.36. The van der Waals surface area contributed by atoms with Gasteiger partial charge in [-0.3, -0.25) is 9.89 Å². The van der Waals surface area contributed by atoms with E-state index in [9.17, 15) is 0 Å². The number of hydrogen-bond acceptors (Lipinski definition) is 7. The second kappa shape index (κ2) is 8.32. The molecule has 0 radical (unpaired) electrons. The van der Waals surface area contributed by atoms with Crippen LogP contribution in [0.1, 0.15) is 5.56 Å². The minimum atomic E-state index is 0.288. The second-order valence-corrected chi connectivity index (χ2v) is 8.59. The molecule has 1 fully saturated rings. The van der Waals surface area contributed by atoms with Gasteiger partial charge in [0.15, 0.2) is 5.17 Å². The lowest BCUT2D eigenvalue weighted by Crippen LogP contribution is -2.49. The lowest BCUT2D eigenvalue weighted by atomic mass is 10.1. The van der Waals surface area contributed by atoms with Gasteiger partial charge in [0.1, 0.15) is 11.6 Å². The normalized spacial score (nSPS) is 21.1. The number of para-hydroxylation sites is 1. The number of thioether (sulfide) groups is 1. The minimum absolute atomic E-state index is 0.288. The molecule has 0 aromatic heterocycles. The predicted molar refractivity (Wildman–Crippen MR) is 126 cm³/mol. The number of aliphatic imine (C=N–C) groups is 2. The number of anilines is 1. The molecule has 0 aliphatic carbocycles. The number of methoxy groups -OCH3 is 1. The number of nitrogens with zero attached hydrogens (tertiary/aromatic N) is 5. The maximum atomic E-state index is 5.27. The van der Waals surface area contributed by atoms with E-state index in [1.165, 1.54) is 5.69 Å². The Morgan fingerprint density at radius 3 is 2.53 bits per heavy atom. The molecule has 7 heteroatoms. The van der Waals surface area contributed by atoms with E-state index in [0.29, 0.717) is 0 Å². The molecular weight excluding hydrogens is 394 g/mol. The van der Waals surface area contributed by atoms with Crippen molar-refractivity contribution in [1.29, 1.82) is 0 Å². The number of rotatable bonds is 4. The van der Waals surface area contributed by atoms with Crippen molar-refractivity contribution in [3.8, 4) is 5.75 Å². The fourth-order valence-electron chi connectivity index (χ4n) is 4.42. The average Bonchev–Trinajstić information content (AvgIpc) is 3.23. The van der Waals surface area contributed by atoms with Crippen molar-refractivity contribution in [2.45, 2.75) is 6.04 Å². The quantitative estimate of drug-likeness (QED) is 0.758. The Hall–Kier alpha value is -2.51. The van der Waals surface area contributed by atoms with E-state index in [2.05, 4.69) is 51.3 Å². The molecule has 3 heterocycles. The van der Waals surface area contributed by atoms with Gasteiger partial charge in [-0.25, -0.2) is 4.99 Å². The molecule has 0 bridgehead atoms. The molecule has 3 aliphatic rings. The van der Waals surface area contributed by atoms with Crippen LogP contribution < -0.4 is 9.64 Å². The summed E-state index contributed by atoms with van der Waals surface area (Å²) in [6.07, 6.45) is 2.09. The van der Waals surface area contributed by atoms with Crippen LogP contribution in [-0.4, -0.2) is 79.5 Å². The zero-order chi connectivity index (χ0) is 20.5. The van der Waals surface area contributed by atoms with Gasteiger partial charge in [0.25, 0.3) is 0 Å². The molecule has 0 amide bonds. The molecule has 0 saturated carbocycles. The number of piperazine rings is 1. The van der Waals surface area contributed by atoms with E-state index in [1.54, 1.807) is 18.9 Å². The molecule has 1 unspecified atom stereocenters. The van der Waals surface area contributed by atoms with Gasteiger partial charge in [0.2, 0.25) is 0 Å². The van der Waals surface area contributed by atoms with E-state index >= 15 is 0 Å². The van der Waals surface area contributed by atoms with E-state index in [-0.39, 0.29) is 6.04 Å². The van der Waals surface area contributed by atoms with Crippen LogP contribution in [0.4, 0.5) is 11.4 Å². The molecule has 3 aliphatic heterocycles. The standard InChI is InChI=1S/C23H27N5OS/c1-29-19-9-7-18(8-10-19)27-13-11-26(12-14-27)15-17-16-28-22(24-17)20-5-3-4-6-21(20)25-23(28)30-2/h3-10,17H,11-16H2,1-2H3. The summed E-state index contributed by atoms with van der Waals surface area (Å²) in [6.45, 7) is 6.13. The molecule has 0 N–H and O–H groups in total. The van der Waals surface area contributed by atoms with Crippen molar-refractivity contribution < 1.29 is 4.74 Å². The summed E-state index contributed by atoms with van der Waals surface area (Å²) in [5, 5.41) is 1.05. The SMILES string of the molecule is COc1ccc(N2CCN(CC3CN4C(SC)=Nc5ccccc5C4=N3)CC2)cc1. The van der Waals surface area contributed by atoms with Gasteiger partial charge in [0.05, 0.1) is 25.4 Å². The van der Waals surface area contributed by atoms with Crippen LogP contribution in [0.3, 0.4) is 0 Å². The molecule has 2 aromatic carbocycles. The van der Waals surface area contributed by atoms with Gasteiger partial charge in [-0.05, 0) is 42.7 Å². The van der Waals surface area contributed by atoms with Crippen molar-refractivity contribution in [2.75, 3.05) is 57.5 Å². The largest absolute Gasteiger partial charge is 0.497 e. The summed E-state index contributed by atoms with van der Waals surface area (Å²) in [6, 6.07) is 17.0. The first-order valence-electron chi connectivity index (χ1n) is 10.4. The smallest absolute Gasteiger partial charge is 0.169 e. The summed E-state index contributed by atoms with van der Waals surface area (Å²) < 4.78 is 5.27. The highest BCUT2D eigenvalue weighted by molar-refractivity contribution is 8.13. The Bertz CT molecular complexity index is 966. The van der Waals surface area contributed by atoms with Crippen LogP contribution in [0.15, 0.2) is 58.5 Å². The molecule has 156 valence electrons. The molecule has 1 saturated heterocycles. The van der Waals surface area contributed by atoms with Gasteiger partial charge in [-0.1, -0.05) is 23.9 Å². The van der Waals surface area contributed by atoms with E-state index in [1.807, 2.05) is 18.2 Å². The number of benzene rings is 2. The molecule has 6 nitrogen and oxygen atoms in total. The fourth-order valence-corrected chi connectivity index (χ4v) is 4.99. The summed E-state index contributed by atoms with van der Waals surface area (Å²) in [4.78, 5) is 17.3. The van der Waals surface area contributed by atoms with Gasteiger partial charge in [0, 0.05) is 44.0 Å². The van der Waals surface area contributed by atoms with Crippen molar-refractivity contribution >= 4 is 34.1 Å². The zero-order valence-electron chi connectivity index (χ0n) is 17.5. The number of fused-ring (bicyclic) bond motifs is 3. The van der Waals surface area contributed by atoms with Crippen molar-refractivity contribution in [3.05, 3.63) is 54.1 Å². The third-order valence-corrected chi connectivity index (χ3v) is 6.68. The van der Waals surface area contributed by atoms with Crippen LogP contribution in [-0.2, 0) is 0 Å². The van der Waals surface area contributed by atoms with Crippen molar-refractivity contribution in [2.24, 2.45) is 9.98 Å². The summed E-state index contributed by atoms with van der Waals surface area (Å²) in [7, 11) is 1.71. The highest BCUT2D eigenvalue weighted by Crippen LogP contribution is 2.32. The Labute approximate surface area is 182 Å². The first-order chi connectivity index (χ1) is 14.7. The first kappa shape index (κ1) is 19.5. The third kappa shape index (κ3) is 3.68. The summed E-state index contributed by atoms with van der Waals surface area (Å²) in [5.41, 5.74) is 3.46. The minimum Gasteiger partial charge on any atom is -0.497 e. The highest BCUT2D eigenvalue weighted by atomic mass is 32.2. The maximum Gasteiger partial charge on any atom is 0.169 e. The Morgan fingerprint density at radius 2 is 1.80 bits per heavy atom. The molecule has 0 spiro atoms.